The zero-order chi connectivity index (χ0) is 20.8. The number of hydrogen-bond donors (Lipinski definition) is 1. The summed E-state index contributed by atoms with van der Waals surface area (Å²) in [6.07, 6.45) is 0. The van der Waals surface area contributed by atoms with E-state index in [-0.39, 0.29) is 11.7 Å². The van der Waals surface area contributed by atoms with E-state index in [9.17, 15) is 9.59 Å². The lowest BCUT2D eigenvalue weighted by Gasteiger charge is -2.08. The van der Waals surface area contributed by atoms with Crippen molar-refractivity contribution < 1.29 is 9.59 Å². The number of aromatic nitrogens is 2. The van der Waals surface area contributed by atoms with Crippen LogP contribution in [-0.2, 0) is 5.75 Å². The highest BCUT2D eigenvalue weighted by Gasteiger charge is 2.19. The molecular weight excluding hydrogens is 414 g/mol. The van der Waals surface area contributed by atoms with E-state index >= 15 is 0 Å². The molecule has 3 aromatic carbocycles. The van der Waals surface area contributed by atoms with Crippen LogP contribution in [0.5, 0.6) is 0 Å². The monoisotopic (exact) mass is 431 g/mol. The first-order valence-corrected chi connectivity index (χ1v) is 11.0. The molecule has 0 unspecified atom stereocenters. The Morgan fingerprint density at radius 3 is 2.17 bits per heavy atom. The maximum atomic E-state index is 12.8. The Labute approximate surface area is 182 Å². The van der Waals surface area contributed by atoms with Gasteiger partial charge in [0.25, 0.3) is 5.91 Å². The van der Waals surface area contributed by atoms with E-state index in [4.69, 9.17) is 0 Å². The highest BCUT2D eigenvalue weighted by molar-refractivity contribution is 8.00. The molecular formula is C23H17N3O2S2. The van der Waals surface area contributed by atoms with E-state index in [1.807, 2.05) is 24.3 Å². The van der Waals surface area contributed by atoms with Gasteiger partial charge in [-0.25, -0.2) is 0 Å². The third-order valence-electron chi connectivity index (χ3n) is 4.28. The molecule has 0 aliphatic heterocycles. The van der Waals surface area contributed by atoms with Gasteiger partial charge in [-0.15, -0.1) is 10.2 Å². The van der Waals surface area contributed by atoms with Crippen LogP contribution in [-0.4, -0.2) is 21.9 Å². The average Bonchev–Trinajstić information content (AvgIpc) is 3.25. The minimum Gasteiger partial charge on any atom is -0.296 e. The van der Waals surface area contributed by atoms with Gasteiger partial charge in [-0.1, -0.05) is 102 Å². The van der Waals surface area contributed by atoms with Gasteiger partial charge in [-0.3, -0.25) is 14.9 Å². The van der Waals surface area contributed by atoms with Crippen molar-refractivity contribution in [1.82, 2.24) is 10.2 Å². The summed E-state index contributed by atoms with van der Waals surface area (Å²) in [6, 6.07) is 25.8. The normalized spacial score (nSPS) is 10.5. The van der Waals surface area contributed by atoms with Crippen molar-refractivity contribution in [3.05, 3.63) is 107 Å². The highest BCUT2D eigenvalue weighted by Crippen LogP contribution is 2.28. The fourth-order valence-corrected chi connectivity index (χ4v) is 4.53. The van der Waals surface area contributed by atoms with Crippen LogP contribution in [0.3, 0.4) is 0 Å². The van der Waals surface area contributed by atoms with Gasteiger partial charge in [0.2, 0.25) is 5.13 Å². The molecule has 0 radical (unpaired) electrons. The first kappa shape index (κ1) is 20.0. The van der Waals surface area contributed by atoms with Gasteiger partial charge in [-0.2, -0.15) is 0 Å². The second-order valence-electron chi connectivity index (χ2n) is 6.34. The maximum Gasteiger partial charge on any atom is 0.258 e. The maximum absolute atomic E-state index is 12.8. The number of nitrogens with one attached hydrogen (secondary N) is 1. The molecule has 7 heteroatoms. The number of carbonyl (C=O) groups is 2. The predicted molar refractivity (Wildman–Crippen MR) is 120 cm³/mol. The van der Waals surface area contributed by atoms with Crippen LogP contribution >= 0.6 is 23.1 Å². The van der Waals surface area contributed by atoms with Gasteiger partial charge in [-0.05, 0) is 11.6 Å². The molecule has 148 valence electrons. The van der Waals surface area contributed by atoms with Crippen LogP contribution < -0.4 is 5.32 Å². The number of anilines is 1. The molecule has 0 aliphatic rings. The van der Waals surface area contributed by atoms with Crippen LogP contribution in [0.1, 0.15) is 31.8 Å². The topological polar surface area (TPSA) is 72.0 Å². The lowest BCUT2D eigenvalue weighted by molar-refractivity contribution is 0.0996. The summed E-state index contributed by atoms with van der Waals surface area (Å²) >= 11 is 2.87. The van der Waals surface area contributed by atoms with Gasteiger partial charge in [0.1, 0.15) is 0 Å². The molecule has 5 nitrogen and oxygen atoms in total. The number of hydrogen-bond acceptors (Lipinski definition) is 6. The zero-order valence-electron chi connectivity index (χ0n) is 15.8. The SMILES string of the molecule is O=C(Nc1nnc(SCc2ccccc2)s1)c1ccccc1C(=O)c1ccccc1. The van der Waals surface area contributed by atoms with Crippen LogP contribution in [0.2, 0.25) is 0 Å². The Balaban J connectivity index is 1.46. The van der Waals surface area contributed by atoms with E-state index in [0.717, 1.165) is 10.1 Å². The molecule has 0 aliphatic carbocycles. The van der Waals surface area contributed by atoms with E-state index in [0.29, 0.717) is 21.8 Å². The van der Waals surface area contributed by atoms with Crippen molar-refractivity contribution in [2.24, 2.45) is 0 Å². The van der Waals surface area contributed by atoms with Crippen molar-refractivity contribution in [3.63, 3.8) is 0 Å². The first-order valence-electron chi connectivity index (χ1n) is 9.21. The molecule has 0 spiro atoms. The highest BCUT2D eigenvalue weighted by atomic mass is 32.2. The molecule has 0 fully saturated rings. The zero-order valence-corrected chi connectivity index (χ0v) is 17.5. The summed E-state index contributed by atoms with van der Waals surface area (Å²) in [6.45, 7) is 0. The second-order valence-corrected chi connectivity index (χ2v) is 8.54. The molecule has 1 amide bonds. The van der Waals surface area contributed by atoms with Gasteiger partial charge in [0.05, 0.1) is 5.56 Å². The van der Waals surface area contributed by atoms with Gasteiger partial charge in [0.15, 0.2) is 10.1 Å². The largest absolute Gasteiger partial charge is 0.296 e. The lowest BCUT2D eigenvalue weighted by atomic mass is 9.98. The molecule has 0 atom stereocenters. The Morgan fingerprint density at radius 1 is 0.800 bits per heavy atom. The van der Waals surface area contributed by atoms with Crippen molar-refractivity contribution in [1.29, 1.82) is 0 Å². The molecule has 4 aromatic rings. The minimum atomic E-state index is -0.384. The average molecular weight is 432 g/mol. The Morgan fingerprint density at radius 2 is 1.43 bits per heavy atom. The molecule has 1 N–H and O–H groups in total. The fourth-order valence-electron chi connectivity index (χ4n) is 2.83. The summed E-state index contributed by atoms with van der Waals surface area (Å²) < 4.78 is 0.766. The van der Waals surface area contributed by atoms with E-state index < -0.39 is 0 Å². The Bertz CT molecular complexity index is 1160. The molecule has 4 rings (SSSR count). The summed E-state index contributed by atoms with van der Waals surface area (Å²) in [5.74, 6) is 0.195. The Hall–Kier alpha value is -3.29. The smallest absolute Gasteiger partial charge is 0.258 e. The van der Waals surface area contributed by atoms with Gasteiger partial charge in [0, 0.05) is 16.9 Å². The standard InChI is InChI=1S/C23H17N3O2S2/c27-20(17-11-5-2-6-12-17)18-13-7-8-14-19(18)21(28)24-22-25-26-23(30-22)29-15-16-9-3-1-4-10-16/h1-14H,15H2,(H,24,25,28). The number of thioether (sulfide) groups is 1. The van der Waals surface area contributed by atoms with Crippen molar-refractivity contribution in [3.8, 4) is 0 Å². The molecule has 1 heterocycles. The van der Waals surface area contributed by atoms with Crippen molar-refractivity contribution in [2.75, 3.05) is 5.32 Å². The molecule has 1 aromatic heterocycles. The van der Waals surface area contributed by atoms with Crippen molar-refractivity contribution in [2.45, 2.75) is 10.1 Å². The van der Waals surface area contributed by atoms with Crippen molar-refractivity contribution >= 4 is 39.9 Å². The van der Waals surface area contributed by atoms with Crippen LogP contribution in [0, 0.1) is 0 Å². The first-order chi connectivity index (χ1) is 14.7. The van der Waals surface area contributed by atoms with Gasteiger partial charge < -0.3 is 0 Å². The third-order valence-corrected chi connectivity index (χ3v) is 6.33. The number of carbonyl (C=O) groups excluding carboxylic acids is 2. The minimum absolute atomic E-state index is 0.197. The van der Waals surface area contributed by atoms with Crippen LogP contribution in [0.4, 0.5) is 5.13 Å². The van der Waals surface area contributed by atoms with E-state index in [1.54, 1.807) is 60.3 Å². The lowest BCUT2D eigenvalue weighted by Crippen LogP contribution is -2.16. The summed E-state index contributed by atoms with van der Waals surface area (Å²) in [4.78, 5) is 25.7. The second kappa shape index (κ2) is 9.47. The van der Waals surface area contributed by atoms with E-state index in [1.165, 1.54) is 16.9 Å². The molecule has 0 saturated heterocycles. The van der Waals surface area contributed by atoms with Gasteiger partial charge >= 0.3 is 0 Å². The fraction of sp³-hybridized carbons (Fsp3) is 0.0435. The predicted octanol–water partition coefficient (Wildman–Crippen LogP) is 5.31. The quantitative estimate of drug-likeness (QED) is 0.244. The Kier molecular flexibility index (Phi) is 6.32. The summed E-state index contributed by atoms with van der Waals surface area (Å²) in [5.41, 5.74) is 2.38. The number of amides is 1. The number of rotatable bonds is 7. The number of nitrogens with zero attached hydrogens (tertiary/aromatic N) is 2. The molecule has 0 saturated carbocycles. The number of ketones is 1. The van der Waals surface area contributed by atoms with Crippen LogP contribution in [0.15, 0.2) is 89.3 Å². The summed E-state index contributed by atoms with van der Waals surface area (Å²) in [5, 5.41) is 11.4. The summed E-state index contributed by atoms with van der Waals surface area (Å²) in [7, 11) is 0. The van der Waals surface area contributed by atoms with E-state index in [2.05, 4.69) is 27.6 Å². The third kappa shape index (κ3) is 4.82. The van der Waals surface area contributed by atoms with Crippen LogP contribution in [0.25, 0.3) is 0 Å². The molecule has 30 heavy (non-hydrogen) atoms. The molecule has 0 bridgehead atoms. The number of benzene rings is 3.